The Morgan fingerprint density at radius 1 is 1.22 bits per heavy atom. The summed E-state index contributed by atoms with van der Waals surface area (Å²) in [5.41, 5.74) is -3.18. The van der Waals surface area contributed by atoms with E-state index in [0.717, 1.165) is 57.8 Å². The Kier molecular flexibility index (Phi) is 9.19. The third-order valence-electron chi connectivity index (χ3n) is 6.83. The predicted molar refractivity (Wildman–Crippen MR) is 136 cm³/mol. The number of aromatic nitrogens is 1. The molecule has 4 rings (SSSR count). The predicted octanol–water partition coefficient (Wildman–Crippen LogP) is 3.65. The molecule has 0 saturated carbocycles. The summed E-state index contributed by atoms with van der Waals surface area (Å²) in [5.74, 6) is 0.776. The average Bonchev–Trinajstić information content (AvgIpc) is 2.88. The average molecular weight is 526 g/mol. The molecule has 2 fully saturated rings. The lowest BCUT2D eigenvalue weighted by Gasteiger charge is -2.37. The minimum absolute atomic E-state index is 0.000154. The van der Waals surface area contributed by atoms with Gasteiger partial charge in [-0.15, -0.1) is 0 Å². The second kappa shape index (κ2) is 12.3. The number of alkyl halides is 3. The van der Waals surface area contributed by atoms with Crippen molar-refractivity contribution in [2.75, 3.05) is 57.8 Å². The number of likely N-dealkylation sites (tertiary alicyclic amines) is 1. The van der Waals surface area contributed by atoms with Crippen molar-refractivity contribution in [2.24, 2.45) is 0 Å². The lowest BCUT2D eigenvalue weighted by atomic mass is 10.0. The summed E-state index contributed by atoms with van der Waals surface area (Å²) < 4.78 is 42.8. The molecule has 0 radical (unpaired) electrons. The van der Waals surface area contributed by atoms with Crippen LogP contribution in [0.4, 0.5) is 18.9 Å². The fourth-order valence-corrected chi connectivity index (χ4v) is 5.49. The number of anilines is 1. The molecule has 1 N–H and O–H groups in total. The smallest absolute Gasteiger partial charge is 0.446 e. The molecule has 2 aliphatic heterocycles. The topological polar surface area (TPSA) is 60.9 Å². The van der Waals surface area contributed by atoms with Crippen molar-refractivity contribution in [1.82, 2.24) is 20.1 Å². The number of allylic oxidation sites excluding steroid dienone is 1. The molecule has 3 heterocycles. The van der Waals surface area contributed by atoms with Crippen molar-refractivity contribution in [2.45, 2.75) is 43.3 Å². The molecule has 2 saturated heterocycles. The number of rotatable bonds is 8. The van der Waals surface area contributed by atoms with Crippen molar-refractivity contribution in [1.29, 1.82) is 0 Å². The van der Waals surface area contributed by atoms with E-state index in [2.05, 4.69) is 20.1 Å². The van der Waals surface area contributed by atoms with E-state index in [1.54, 1.807) is 19.3 Å². The van der Waals surface area contributed by atoms with Crippen LogP contribution in [-0.4, -0.2) is 91.2 Å². The van der Waals surface area contributed by atoms with Crippen LogP contribution >= 0.6 is 11.8 Å². The zero-order valence-electron chi connectivity index (χ0n) is 20.5. The summed E-state index contributed by atoms with van der Waals surface area (Å²) in [6.07, 6.45) is 9.72. The lowest BCUT2D eigenvalue weighted by molar-refractivity contribution is -0.133. The van der Waals surface area contributed by atoms with Gasteiger partial charge in [-0.2, -0.15) is 13.2 Å². The molecule has 36 heavy (non-hydrogen) atoms. The molecular formula is C25H34F3N5O2S. The van der Waals surface area contributed by atoms with Crippen LogP contribution in [0.2, 0.25) is 0 Å². The van der Waals surface area contributed by atoms with Crippen molar-refractivity contribution >= 4 is 23.4 Å². The zero-order valence-corrected chi connectivity index (χ0v) is 21.4. The largest absolute Gasteiger partial charge is 0.481 e. The van der Waals surface area contributed by atoms with E-state index in [-0.39, 0.29) is 34.7 Å². The van der Waals surface area contributed by atoms with Gasteiger partial charge in [-0.25, -0.2) is 4.98 Å². The highest BCUT2D eigenvalue weighted by Gasteiger charge is 2.31. The molecule has 2 atom stereocenters. The molecule has 1 aliphatic carbocycles. The third kappa shape index (κ3) is 7.88. The Bertz CT molecular complexity index is 933. The first kappa shape index (κ1) is 26.8. The highest BCUT2D eigenvalue weighted by atomic mass is 32.2. The summed E-state index contributed by atoms with van der Waals surface area (Å²) in [5, 5.41) is 3.51. The van der Waals surface area contributed by atoms with Crippen LogP contribution < -0.4 is 15.0 Å². The number of hydrogen-bond donors (Lipinski definition) is 1. The Balaban J connectivity index is 1.16. The number of ether oxygens (including phenoxy) is 1. The van der Waals surface area contributed by atoms with E-state index >= 15 is 0 Å². The maximum atomic E-state index is 12.9. The number of pyridine rings is 1. The summed E-state index contributed by atoms with van der Waals surface area (Å²) in [4.78, 5) is 24.0. The van der Waals surface area contributed by atoms with Gasteiger partial charge in [0.05, 0.1) is 19.0 Å². The van der Waals surface area contributed by atoms with Gasteiger partial charge in [-0.3, -0.25) is 9.69 Å². The van der Waals surface area contributed by atoms with Crippen LogP contribution in [0, 0.1) is 0 Å². The fraction of sp³-hybridized carbons (Fsp3) is 0.600. The number of methoxy groups -OCH3 is 1. The van der Waals surface area contributed by atoms with Crippen LogP contribution in [0.1, 0.15) is 25.7 Å². The first-order valence-corrected chi connectivity index (χ1v) is 13.3. The summed E-state index contributed by atoms with van der Waals surface area (Å²) in [7, 11) is 1.60. The molecule has 7 nitrogen and oxygen atoms in total. The van der Waals surface area contributed by atoms with Crippen LogP contribution in [0.5, 0.6) is 5.88 Å². The van der Waals surface area contributed by atoms with Gasteiger partial charge in [0.2, 0.25) is 11.8 Å². The number of halogens is 3. The van der Waals surface area contributed by atoms with Gasteiger partial charge in [0.15, 0.2) is 0 Å². The number of nitrogens with one attached hydrogen (secondary N) is 1. The van der Waals surface area contributed by atoms with Crippen molar-refractivity contribution in [3.8, 4) is 5.88 Å². The van der Waals surface area contributed by atoms with E-state index < -0.39 is 5.51 Å². The van der Waals surface area contributed by atoms with Crippen molar-refractivity contribution in [3.05, 3.63) is 41.5 Å². The zero-order chi connectivity index (χ0) is 25.5. The second-order valence-corrected chi connectivity index (χ2v) is 10.5. The number of thioether (sulfide) groups is 1. The Labute approximate surface area is 214 Å². The first-order chi connectivity index (χ1) is 17.3. The minimum atomic E-state index is -4.26. The van der Waals surface area contributed by atoms with Gasteiger partial charge in [0.1, 0.15) is 0 Å². The molecule has 11 heteroatoms. The molecule has 0 aromatic carbocycles. The van der Waals surface area contributed by atoms with Gasteiger partial charge in [-0.1, -0.05) is 18.2 Å². The summed E-state index contributed by atoms with van der Waals surface area (Å²) in [6, 6.07) is 4.04. The van der Waals surface area contributed by atoms with Gasteiger partial charge in [0, 0.05) is 75.3 Å². The highest BCUT2D eigenvalue weighted by Crippen LogP contribution is 2.38. The molecule has 0 spiro atoms. The number of carbonyl (C=O) groups is 1. The summed E-state index contributed by atoms with van der Waals surface area (Å²) >= 11 is -0.0729. The van der Waals surface area contributed by atoms with Gasteiger partial charge >= 0.3 is 5.51 Å². The van der Waals surface area contributed by atoms with Crippen LogP contribution in [0.15, 0.2) is 41.5 Å². The molecule has 1 aromatic rings. The molecule has 1 amide bonds. The number of amides is 1. The Morgan fingerprint density at radius 2 is 2.03 bits per heavy atom. The molecule has 198 valence electrons. The van der Waals surface area contributed by atoms with Crippen LogP contribution in [0.3, 0.4) is 0 Å². The minimum Gasteiger partial charge on any atom is -0.481 e. The van der Waals surface area contributed by atoms with Crippen LogP contribution in [-0.2, 0) is 4.79 Å². The number of piperidine rings is 1. The van der Waals surface area contributed by atoms with Gasteiger partial charge in [0.25, 0.3) is 0 Å². The SMILES string of the molecule is COc1ccc(N2CCN(CCC(=O)N3CCC[C@H](NC4C=CC(SC(F)(F)F)=CC4)C3)CC2)cn1. The van der Waals surface area contributed by atoms with E-state index in [9.17, 15) is 18.0 Å². The maximum absolute atomic E-state index is 12.9. The molecule has 3 aliphatic rings. The van der Waals surface area contributed by atoms with Crippen molar-refractivity contribution in [3.63, 3.8) is 0 Å². The standard InChI is InChI=1S/C25H34F3N5O2S/c1-35-23-9-6-21(17-29-23)32-15-13-31(14-16-32)12-10-24(34)33-11-2-3-20(18-33)30-19-4-7-22(8-5-19)36-25(26,27)28/h4,6-9,17,19-20,30H,2-3,5,10-16,18H2,1H3/t19?,20-/m0/s1. The number of piperazine rings is 1. The third-order valence-corrected chi connectivity index (χ3v) is 7.60. The Hall–Kier alpha value is -2.24. The summed E-state index contributed by atoms with van der Waals surface area (Å²) in [6.45, 7) is 5.75. The van der Waals surface area contributed by atoms with E-state index in [1.807, 2.05) is 23.2 Å². The number of hydrogen-bond acceptors (Lipinski definition) is 7. The van der Waals surface area contributed by atoms with E-state index in [1.165, 1.54) is 6.08 Å². The Morgan fingerprint density at radius 3 is 2.67 bits per heavy atom. The molecule has 1 aromatic heterocycles. The maximum Gasteiger partial charge on any atom is 0.446 e. The molecule has 1 unspecified atom stereocenters. The molecular weight excluding hydrogens is 491 g/mol. The van der Waals surface area contributed by atoms with Gasteiger partial charge < -0.3 is 19.9 Å². The van der Waals surface area contributed by atoms with Crippen molar-refractivity contribution < 1.29 is 22.7 Å². The first-order valence-electron chi connectivity index (χ1n) is 12.4. The number of nitrogens with zero attached hydrogens (tertiary/aromatic N) is 4. The quantitative estimate of drug-likeness (QED) is 0.556. The fourth-order valence-electron chi connectivity index (χ4n) is 4.90. The number of carbonyl (C=O) groups excluding carboxylic acids is 1. The monoisotopic (exact) mass is 525 g/mol. The second-order valence-electron chi connectivity index (χ2n) is 9.34. The van der Waals surface area contributed by atoms with E-state index in [0.29, 0.717) is 25.3 Å². The molecule has 0 bridgehead atoms. The van der Waals surface area contributed by atoms with E-state index in [4.69, 9.17) is 4.74 Å². The van der Waals surface area contributed by atoms with Gasteiger partial charge in [-0.05, 0) is 37.1 Å². The lowest BCUT2D eigenvalue weighted by Crippen LogP contribution is -2.51. The highest BCUT2D eigenvalue weighted by molar-refractivity contribution is 8.04. The normalized spacial score (nSPS) is 23.5. The van der Waals surface area contributed by atoms with Crippen LogP contribution in [0.25, 0.3) is 0 Å².